The predicted octanol–water partition coefficient (Wildman–Crippen LogP) is 3.95. The molecule has 1 saturated heterocycles. The molecule has 1 amide bonds. The van der Waals surface area contributed by atoms with E-state index in [2.05, 4.69) is 39.8 Å². The number of carbonyl (C=O) groups is 1. The average Bonchev–Trinajstić information content (AvgIpc) is 2.98. The lowest BCUT2D eigenvalue weighted by Crippen LogP contribution is -2.32. The van der Waals surface area contributed by atoms with Crippen molar-refractivity contribution in [2.24, 2.45) is 0 Å². The third-order valence-electron chi connectivity index (χ3n) is 4.66. The number of thioether (sulfide) groups is 1. The topological polar surface area (TPSA) is 44.4 Å². The quantitative estimate of drug-likeness (QED) is 0.822. The van der Waals surface area contributed by atoms with Crippen molar-refractivity contribution in [3.8, 4) is 0 Å². The molecule has 1 fully saturated rings. The molecule has 2 aliphatic heterocycles. The number of benzene rings is 2. The van der Waals surface area contributed by atoms with Gasteiger partial charge >= 0.3 is 0 Å². The molecule has 2 N–H and O–H groups in total. The van der Waals surface area contributed by atoms with Crippen molar-refractivity contribution < 1.29 is 4.79 Å². The minimum Gasteiger partial charge on any atom is -0.370 e. The number of hydrogen-bond acceptors (Lipinski definition) is 4. The number of hydrogen-bond donors (Lipinski definition) is 2. The molecule has 2 aromatic carbocycles. The Morgan fingerprint density at radius 2 is 1.88 bits per heavy atom. The fourth-order valence-electron chi connectivity index (χ4n) is 3.32. The van der Waals surface area contributed by atoms with Crippen LogP contribution in [0.15, 0.2) is 48.7 Å². The molecule has 2 aromatic rings. The minimum atomic E-state index is -0.0563. The summed E-state index contributed by atoms with van der Waals surface area (Å²) < 4.78 is 0. The predicted molar refractivity (Wildman–Crippen MR) is 107 cm³/mol. The highest BCUT2D eigenvalue weighted by Crippen LogP contribution is 2.34. The monoisotopic (exact) mass is 351 g/mol. The maximum Gasteiger partial charge on any atom is 0.257 e. The van der Waals surface area contributed by atoms with Crippen LogP contribution >= 0.6 is 11.8 Å². The lowest BCUT2D eigenvalue weighted by molar-refractivity contribution is -0.110. The normalized spacial score (nSPS) is 18.2. The number of amides is 1. The molecule has 0 unspecified atom stereocenters. The smallest absolute Gasteiger partial charge is 0.257 e. The van der Waals surface area contributed by atoms with Gasteiger partial charge in [-0.1, -0.05) is 12.1 Å². The summed E-state index contributed by atoms with van der Waals surface area (Å²) in [4.78, 5) is 14.7. The summed E-state index contributed by atoms with van der Waals surface area (Å²) in [5, 5.41) is 6.19. The lowest BCUT2D eigenvalue weighted by atomic mass is 10.0. The van der Waals surface area contributed by atoms with E-state index in [1.165, 1.54) is 17.2 Å². The Kier molecular flexibility index (Phi) is 4.40. The Morgan fingerprint density at radius 3 is 2.64 bits per heavy atom. The van der Waals surface area contributed by atoms with Gasteiger partial charge in [-0.15, -0.1) is 0 Å². The number of aryl methyl sites for hydroxylation is 1. The first kappa shape index (κ1) is 16.1. The van der Waals surface area contributed by atoms with E-state index in [-0.39, 0.29) is 5.91 Å². The standard InChI is InChI=1S/C20H21N3OS/c1-14-3-2-4-18-19(14)17(20(24)22-18)13-21-15-5-7-16(8-6-15)23-9-11-25-12-10-23/h2-8,13,21H,9-12H2,1H3,(H,22,24). The Hall–Kier alpha value is -2.40. The zero-order valence-corrected chi connectivity index (χ0v) is 15.0. The van der Waals surface area contributed by atoms with Crippen molar-refractivity contribution in [2.75, 3.05) is 40.1 Å². The van der Waals surface area contributed by atoms with E-state index in [9.17, 15) is 4.79 Å². The van der Waals surface area contributed by atoms with Gasteiger partial charge in [0.2, 0.25) is 0 Å². The maximum atomic E-state index is 12.2. The van der Waals surface area contributed by atoms with Gasteiger partial charge in [0.15, 0.2) is 0 Å². The molecule has 5 heteroatoms. The first-order valence-corrected chi connectivity index (χ1v) is 9.68. The maximum absolute atomic E-state index is 12.2. The number of nitrogens with one attached hydrogen (secondary N) is 2. The van der Waals surface area contributed by atoms with E-state index >= 15 is 0 Å². The molecular weight excluding hydrogens is 330 g/mol. The second kappa shape index (κ2) is 6.84. The lowest BCUT2D eigenvalue weighted by Gasteiger charge is -2.28. The number of carbonyl (C=O) groups excluding carboxylic acids is 1. The molecule has 0 aromatic heterocycles. The van der Waals surface area contributed by atoms with E-state index < -0.39 is 0 Å². The van der Waals surface area contributed by atoms with Gasteiger partial charge in [0.25, 0.3) is 5.91 Å². The molecule has 4 rings (SSSR count). The first-order chi connectivity index (χ1) is 12.2. The van der Waals surface area contributed by atoms with Crippen molar-refractivity contribution in [3.63, 3.8) is 0 Å². The summed E-state index contributed by atoms with van der Waals surface area (Å²) in [7, 11) is 0. The molecular formula is C20H21N3OS. The van der Waals surface area contributed by atoms with Crippen molar-refractivity contribution in [1.82, 2.24) is 0 Å². The van der Waals surface area contributed by atoms with Crippen LogP contribution in [0.2, 0.25) is 0 Å². The minimum absolute atomic E-state index is 0.0563. The summed E-state index contributed by atoms with van der Waals surface area (Å²) in [6.07, 6.45) is 1.81. The van der Waals surface area contributed by atoms with Crippen molar-refractivity contribution >= 4 is 40.3 Å². The Bertz CT molecular complexity index is 823. The molecule has 0 saturated carbocycles. The largest absolute Gasteiger partial charge is 0.370 e. The van der Waals surface area contributed by atoms with Crippen LogP contribution in [-0.4, -0.2) is 30.5 Å². The number of rotatable bonds is 3. The van der Waals surface area contributed by atoms with Crippen molar-refractivity contribution in [3.05, 3.63) is 59.8 Å². The fourth-order valence-corrected chi connectivity index (χ4v) is 4.22. The molecule has 0 radical (unpaired) electrons. The summed E-state index contributed by atoms with van der Waals surface area (Å²) in [5.41, 5.74) is 5.90. The zero-order chi connectivity index (χ0) is 17.2. The van der Waals surface area contributed by atoms with Gasteiger partial charge in [-0.05, 0) is 42.8 Å². The summed E-state index contributed by atoms with van der Waals surface area (Å²) in [6, 6.07) is 14.4. The van der Waals surface area contributed by atoms with Gasteiger partial charge in [-0.3, -0.25) is 4.79 Å². The van der Waals surface area contributed by atoms with Gasteiger partial charge in [-0.25, -0.2) is 0 Å². The van der Waals surface area contributed by atoms with Gasteiger partial charge in [0, 0.05) is 53.4 Å². The van der Waals surface area contributed by atoms with E-state index in [1.807, 2.05) is 36.9 Å². The summed E-state index contributed by atoms with van der Waals surface area (Å²) in [5.74, 6) is 2.33. The van der Waals surface area contributed by atoms with Crippen LogP contribution in [0.3, 0.4) is 0 Å². The number of fused-ring (bicyclic) bond motifs is 1. The highest BCUT2D eigenvalue weighted by Gasteiger charge is 2.25. The Balaban J connectivity index is 1.51. The van der Waals surface area contributed by atoms with Crippen LogP contribution in [0.4, 0.5) is 17.1 Å². The molecule has 2 heterocycles. The molecule has 0 atom stereocenters. The van der Waals surface area contributed by atoms with Crippen LogP contribution in [0.5, 0.6) is 0 Å². The molecule has 0 spiro atoms. The number of anilines is 3. The van der Waals surface area contributed by atoms with Crippen molar-refractivity contribution in [1.29, 1.82) is 0 Å². The van der Waals surface area contributed by atoms with Crippen LogP contribution in [0, 0.1) is 6.92 Å². The Labute approximate surface area is 152 Å². The zero-order valence-electron chi connectivity index (χ0n) is 14.2. The molecule has 2 aliphatic rings. The van der Waals surface area contributed by atoms with Gasteiger partial charge < -0.3 is 15.5 Å². The molecule has 25 heavy (non-hydrogen) atoms. The summed E-state index contributed by atoms with van der Waals surface area (Å²) >= 11 is 2.01. The Morgan fingerprint density at radius 1 is 1.12 bits per heavy atom. The highest BCUT2D eigenvalue weighted by molar-refractivity contribution is 7.99. The van der Waals surface area contributed by atoms with Crippen LogP contribution < -0.4 is 15.5 Å². The second-order valence-electron chi connectivity index (χ2n) is 6.30. The fraction of sp³-hybridized carbons (Fsp3) is 0.250. The molecule has 4 nitrogen and oxygen atoms in total. The van der Waals surface area contributed by atoms with Crippen LogP contribution in [0.25, 0.3) is 5.57 Å². The third kappa shape index (κ3) is 3.24. The third-order valence-corrected chi connectivity index (χ3v) is 5.60. The molecule has 0 aliphatic carbocycles. The molecule has 0 bridgehead atoms. The van der Waals surface area contributed by atoms with Gasteiger partial charge in [0.1, 0.15) is 0 Å². The van der Waals surface area contributed by atoms with Crippen LogP contribution in [-0.2, 0) is 4.79 Å². The summed E-state index contributed by atoms with van der Waals surface area (Å²) in [6.45, 7) is 4.24. The first-order valence-electron chi connectivity index (χ1n) is 8.53. The SMILES string of the molecule is Cc1cccc2c1C(=CNc1ccc(N3CCSCC3)cc1)C(=O)N2. The van der Waals surface area contributed by atoms with Gasteiger partial charge in [0.05, 0.1) is 5.57 Å². The van der Waals surface area contributed by atoms with E-state index in [0.29, 0.717) is 5.57 Å². The number of nitrogens with zero attached hydrogens (tertiary/aromatic N) is 1. The molecule has 128 valence electrons. The van der Waals surface area contributed by atoms with E-state index in [0.717, 1.165) is 35.6 Å². The van der Waals surface area contributed by atoms with Crippen LogP contribution in [0.1, 0.15) is 11.1 Å². The average molecular weight is 351 g/mol. The van der Waals surface area contributed by atoms with Gasteiger partial charge in [-0.2, -0.15) is 11.8 Å². The highest BCUT2D eigenvalue weighted by atomic mass is 32.2. The van der Waals surface area contributed by atoms with E-state index in [1.54, 1.807) is 6.20 Å². The van der Waals surface area contributed by atoms with E-state index in [4.69, 9.17) is 0 Å². The van der Waals surface area contributed by atoms with Crippen molar-refractivity contribution in [2.45, 2.75) is 6.92 Å². The second-order valence-corrected chi connectivity index (χ2v) is 7.52.